The van der Waals surface area contributed by atoms with Crippen LogP contribution in [0, 0.1) is 12.8 Å². The van der Waals surface area contributed by atoms with Crippen LogP contribution in [0.1, 0.15) is 58.7 Å². The number of carbonyl (C=O) groups excluding carboxylic acids is 1. The molecule has 5 rings (SSSR count). The molecular formula is C34H41N3O5S. The summed E-state index contributed by atoms with van der Waals surface area (Å²) in [5, 5.41) is 6.13. The summed E-state index contributed by atoms with van der Waals surface area (Å²) in [7, 11) is 4.93. The number of benzene rings is 2. The Morgan fingerprint density at radius 1 is 0.953 bits per heavy atom. The Morgan fingerprint density at radius 3 is 2.42 bits per heavy atom. The third-order valence-corrected chi connectivity index (χ3v) is 9.02. The molecule has 0 aliphatic heterocycles. The Kier molecular flexibility index (Phi) is 10.3. The predicted molar refractivity (Wildman–Crippen MR) is 170 cm³/mol. The summed E-state index contributed by atoms with van der Waals surface area (Å²) in [5.74, 6) is 3.49. The van der Waals surface area contributed by atoms with E-state index in [2.05, 4.69) is 16.0 Å². The maximum atomic E-state index is 13.4. The molecule has 1 saturated carbocycles. The van der Waals surface area contributed by atoms with Crippen molar-refractivity contribution in [3.63, 3.8) is 0 Å². The molecule has 43 heavy (non-hydrogen) atoms. The lowest BCUT2D eigenvalue weighted by molar-refractivity contribution is 0.0943. The van der Waals surface area contributed by atoms with Crippen molar-refractivity contribution < 1.29 is 23.7 Å². The van der Waals surface area contributed by atoms with Gasteiger partial charge in [0.2, 0.25) is 0 Å². The molecule has 1 aliphatic carbocycles. The van der Waals surface area contributed by atoms with Gasteiger partial charge in [-0.3, -0.25) is 4.79 Å². The van der Waals surface area contributed by atoms with Crippen LogP contribution in [0.5, 0.6) is 23.0 Å². The Labute approximate surface area is 258 Å². The summed E-state index contributed by atoms with van der Waals surface area (Å²) in [6.07, 6.45) is 6.95. The number of aromatic nitrogens is 2. The number of aryl methyl sites for hydroxylation is 1. The molecule has 0 spiro atoms. The third-order valence-electron chi connectivity index (χ3n) is 8.20. The number of hydrogen-bond donors (Lipinski definition) is 1. The second kappa shape index (κ2) is 14.5. The minimum absolute atomic E-state index is 0.0208. The molecule has 0 unspecified atom stereocenters. The average molecular weight is 604 g/mol. The van der Waals surface area contributed by atoms with Crippen molar-refractivity contribution in [3.8, 4) is 34.4 Å². The van der Waals surface area contributed by atoms with E-state index in [0.717, 1.165) is 52.1 Å². The normalized spacial score (nSPS) is 13.5. The number of nitrogens with zero attached hydrogens (tertiary/aromatic N) is 2. The fourth-order valence-electron chi connectivity index (χ4n) is 5.69. The average Bonchev–Trinajstić information content (AvgIpc) is 3.66. The zero-order chi connectivity index (χ0) is 30.2. The predicted octanol–water partition coefficient (Wildman–Crippen LogP) is 7.08. The monoisotopic (exact) mass is 603 g/mol. The van der Waals surface area contributed by atoms with E-state index in [1.165, 1.54) is 32.1 Å². The minimum Gasteiger partial charge on any atom is -0.497 e. The number of rotatable bonds is 13. The van der Waals surface area contributed by atoms with Crippen LogP contribution in [0.3, 0.4) is 0 Å². The van der Waals surface area contributed by atoms with Crippen molar-refractivity contribution in [1.82, 2.24) is 14.9 Å². The topological polar surface area (TPSA) is 83.8 Å². The lowest BCUT2D eigenvalue weighted by atomic mass is 9.89. The highest BCUT2D eigenvalue weighted by molar-refractivity contribution is 7.09. The van der Waals surface area contributed by atoms with Gasteiger partial charge in [-0.05, 0) is 80.1 Å². The highest BCUT2D eigenvalue weighted by Crippen LogP contribution is 2.31. The van der Waals surface area contributed by atoms with E-state index < -0.39 is 0 Å². The SMILES string of the molecule is COc1ccc(OCc2nc(-c3cc(C(=O)NCC4CCCCC4)c(C)n3CCc3ccc(OC)c(OC)c3)cs2)cc1. The van der Waals surface area contributed by atoms with Gasteiger partial charge in [-0.2, -0.15) is 0 Å². The molecule has 0 radical (unpaired) electrons. The van der Waals surface area contributed by atoms with Gasteiger partial charge in [-0.1, -0.05) is 25.3 Å². The van der Waals surface area contributed by atoms with Gasteiger partial charge in [0.15, 0.2) is 11.5 Å². The second-order valence-electron chi connectivity index (χ2n) is 10.9. The van der Waals surface area contributed by atoms with Gasteiger partial charge in [0.05, 0.1) is 38.3 Å². The number of thiazole rings is 1. The lowest BCUT2D eigenvalue weighted by Crippen LogP contribution is -2.30. The number of hydrogen-bond acceptors (Lipinski definition) is 7. The quantitative estimate of drug-likeness (QED) is 0.176. The number of carbonyl (C=O) groups is 1. The molecule has 9 heteroatoms. The van der Waals surface area contributed by atoms with E-state index in [9.17, 15) is 4.79 Å². The first kappa shape index (κ1) is 30.5. The van der Waals surface area contributed by atoms with Gasteiger partial charge >= 0.3 is 0 Å². The van der Waals surface area contributed by atoms with Crippen molar-refractivity contribution in [2.45, 2.75) is 58.6 Å². The van der Waals surface area contributed by atoms with Gasteiger partial charge in [0, 0.05) is 24.2 Å². The zero-order valence-electron chi connectivity index (χ0n) is 25.5. The lowest BCUT2D eigenvalue weighted by Gasteiger charge is -2.21. The molecular weight excluding hydrogens is 562 g/mol. The van der Waals surface area contributed by atoms with Crippen LogP contribution in [-0.4, -0.2) is 43.3 Å². The first-order valence-electron chi connectivity index (χ1n) is 14.9. The zero-order valence-corrected chi connectivity index (χ0v) is 26.3. The molecule has 1 N–H and O–H groups in total. The van der Waals surface area contributed by atoms with Crippen LogP contribution >= 0.6 is 11.3 Å². The number of ether oxygens (including phenoxy) is 4. The fourth-order valence-corrected chi connectivity index (χ4v) is 6.39. The van der Waals surface area contributed by atoms with E-state index >= 15 is 0 Å². The van der Waals surface area contributed by atoms with E-state index in [-0.39, 0.29) is 5.91 Å². The van der Waals surface area contributed by atoms with Crippen molar-refractivity contribution in [2.75, 3.05) is 27.9 Å². The third kappa shape index (κ3) is 7.51. The van der Waals surface area contributed by atoms with E-state index in [1.807, 2.05) is 54.8 Å². The Balaban J connectivity index is 1.36. The first-order valence-corrected chi connectivity index (χ1v) is 15.8. The summed E-state index contributed by atoms with van der Waals surface area (Å²) in [4.78, 5) is 18.3. The fraction of sp³-hybridized carbons (Fsp3) is 0.412. The van der Waals surface area contributed by atoms with Crippen LogP contribution in [0.25, 0.3) is 11.4 Å². The Morgan fingerprint density at radius 2 is 1.70 bits per heavy atom. The molecule has 2 heterocycles. The molecule has 228 valence electrons. The molecule has 0 saturated heterocycles. The van der Waals surface area contributed by atoms with Gasteiger partial charge in [-0.15, -0.1) is 11.3 Å². The smallest absolute Gasteiger partial charge is 0.253 e. The summed E-state index contributed by atoms with van der Waals surface area (Å²) in [6.45, 7) is 3.79. The van der Waals surface area contributed by atoms with E-state index in [0.29, 0.717) is 36.1 Å². The summed E-state index contributed by atoms with van der Waals surface area (Å²) < 4.78 is 24.3. The second-order valence-corrected chi connectivity index (χ2v) is 11.9. The van der Waals surface area contributed by atoms with Crippen molar-refractivity contribution >= 4 is 17.2 Å². The minimum atomic E-state index is -0.0208. The maximum Gasteiger partial charge on any atom is 0.253 e. The van der Waals surface area contributed by atoms with Gasteiger partial charge in [0.1, 0.15) is 23.1 Å². The van der Waals surface area contributed by atoms with E-state index in [4.69, 9.17) is 23.9 Å². The number of nitrogens with one attached hydrogen (secondary N) is 1. The van der Waals surface area contributed by atoms with E-state index in [1.54, 1.807) is 32.7 Å². The molecule has 1 aliphatic rings. The Bertz CT molecular complexity index is 1500. The molecule has 1 fully saturated rings. The summed E-state index contributed by atoms with van der Waals surface area (Å²) in [5.41, 5.74) is 4.50. The highest BCUT2D eigenvalue weighted by Gasteiger charge is 2.22. The first-order chi connectivity index (χ1) is 21.0. The van der Waals surface area contributed by atoms with Crippen molar-refractivity contribution in [3.05, 3.63) is 75.7 Å². The van der Waals surface area contributed by atoms with Crippen LogP contribution in [0.4, 0.5) is 0 Å². The van der Waals surface area contributed by atoms with Gasteiger partial charge in [-0.25, -0.2) is 4.98 Å². The summed E-state index contributed by atoms with van der Waals surface area (Å²) in [6, 6.07) is 15.5. The van der Waals surface area contributed by atoms with Crippen molar-refractivity contribution in [2.24, 2.45) is 5.92 Å². The van der Waals surface area contributed by atoms with Crippen molar-refractivity contribution in [1.29, 1.82) is 0 Å². The molecule has 0 bridgehead atoms. The van der Waals surface area contributed by atoms with Gasteiger partial charge in [0.25, 0.3) is 5.91 Å². The van der Waals surface area contributed by atoms with Crippen LogP contribution in [0.2, 0.25) is 0 Å². The standard InChI is InChI=1S/C34H41N3O5S/c1-23-28(34(38)35-20-25-8-6-5-7-9-25)19-30(37(23)17-16-24-10-15-31(40-3)32(18-24)41-4)29-22-43-33(36-29)21-42-27-13-11-26(39-2)12-14-27/h10-15,18-19,22,25H,5-9,16-17,20-21H2,1-4H3,(H,35,38). The highest BCUT2D eigenvalue weighted by atomic mass is 32.1. The molecule has 1 amide bonds. The summed E-state index contributed by atoms with van der Waals surface area (Å²) >= 11 is 1.55. The largest absolute Gasteiger partial charge is 0.497 e. The van der Waals surface area contributed by atoms with Crippen LogP contribution in [-0.2, 0) is 19.6 Å². The van der Waals surface area contributed by atoms with Crippen LogP contribution in [0.15, 0.2) is 53.9 Å². The number of methoxy groups -OCH3 is 3. The van der Waals surface area contributed by atoms with Gasteiger partial charge < -0.3 is 28.8 Å². The Hall–Kier alpha value is -3.98. The molecule has 4 aromatic rings. The molecule has 8 nitrogen and oxygen atoms in total. The molecule has 0 atom stereocenters. The maximum absolute atomic E-state index is 13.4. The molecule has 2 aromatic heterocycles. The van der Waals surface area contributed by atoms with Crippen LogP contribution < -0.4 is 24.3 Å². The molecule has 2 aromatic carbocycles. The number of amides is 1.